The SMILES string of the molecule is CC(Nc1c(F)cc(F)cc1[N+](=O)[O-])c1ccc(F)cn1. The zero-order chi connectivity index (χ0) is 15.6. The molecule has 0 aliphatic heterocycles. The Bertz CT molecular complexity index is 677. The molecule has 0 amide bonds. The van der Waals surface area contributed by atoms with Gasteiger partial charge >= 0.3 is 0 Å². The number of pyridine rings is 1. The van der Waals surface area contributed by atoms with Crippen LogP contribution in [0.15, 0.2) is 30.5 Å². The molecule has 0 aliphatic rings. The number of benzene rings is 1. The first-order valence-corrected chi connectivity index (χ1v) is 5.90. The fourth-order valence-corrected chi connectivity index (χ4v) is 1.78. The van der Waals surface area contributed by atoms with Crippen molar-refractivity contribution in [2.24, 2.45) is 0 Å². The van der Waals surface area contributed by atoms with E-state index in [-0.39, 0.29) is 0 Å². The summed E-state index contributed by atoms with van der Waals surface area (Å²) >= 11 is 0. The van der Waals surface area contributed by atoms with E-state index in [1.807, 2.05) is 0 Å². The highest BCUT2D eigenvalue weighted by molar-refractivity contribution is 5.63. The minimum Gasteiger partial charge on any atom is -0.369 e. The second kappa shape index (κ2) is 5.78. The lowest BCUT2D eigenvalue weighted by atomic mass is 10.1. The Morgan fingerprint density at radius 3 is 2.52 bits per heavy atom. The lowest BCUT2D eigenvalue weighted by Crippen LogP contribution is -2.11. The Hall–Kier alpha value is -2.64. The van der Waals surface area contributed by atoms with Crippen molar-refractivity contribution in [3.05, 3.63) is 63.7 Å². The first-order chi connectivity index (χ1) is 9.88. The van der Waals surface area contributed by atoms with Gasteiger partial charge in [0.25, 0.3) is 5.69 Å². The van der Waals surface area contributed by atoms with Crippen LogP contribution in [0.3, 0.4) is 0 Å². The van der Waals surface area contributed by atoms with Crippen LogP contribution in [0.25, 0.3) is 0 Å². The molecule has 0 aliphatic carbocycles. The van der Waals surface area contributed by atoms with E-state index < -0.39 is 39.8 Å². The number of rotatable bonds is 4. The third-order valence-corrected chi connectivity index (χ3v) is 2.79. The van der Waals surface area contributed by atoms with E-state index in [0.717, 1.165) is 12.3 Å². The van der Waals surface area contributed by atoms with Gasteiger partial charge in [0.1, 0.15) is 17.3 Å². The highest BCUT2D eigenvalue weighted by Crippen LogP contribution is 2.31. The molecule has 2 aromatic rings. The molecule has 1 atom stereocenters. The summed E-state index contributed by atoms with van der Waals surface area (Å²) in [7, 11) is 0. The van der Waals surface area contributed by atoms with Gasteiger partial charge in [-0.3, -0.25) is 15.1 Å². The number of hydrogen-bond donors (Lipinski definition) is 1. The summed E-state index contributed by atoms with van der Waals surface area (Å²) in [4.78, 5) is 13.8. The maximum atomic E-state index is 13.7. The van der Waals surface area contributed by atoms with Crippen molar-refractivity contribution in [1.29, 1.82) is 0 Å². The number of halogens is 3. The fourth-order valence-electron chi connectivity index (χ4n) is 1.78. The molecule has 0 fully saturated rings. The molecule has 0 spiro atoms. The van der Waals surface area contributed by atoms with Crippen molar-refractivity contribution in [1.82, 2.24) is 4.98 Å². The smallest absolute Gasteiger partial charge is 0.298 e. The predicted octanol–water partition coefficient (Wildman–Crippen LogP) is 3.58. The van der Waals surface area contributed by atoms with Gasteiger partial charge in [-0.25, -0.2) is 13.2 Å². The molecule has 5 nitrogen and oxygen atoms in total. The molecular weight excluding hydrogens is 287 g/mol. The molecular formula is C13H10F3N3O2. The molecule has 21 heavy (non-hydrogen) atoms. The molecule has 1 unspecified atom stereocenters. The van der Waals surface area contributed by atoms with E-state index in [4.69, 9.17) is 0 Å². The third-order valence-electron chi connectivity index (χ3n) is 2.79. The molecule has 0 radical (unpaired) electrons. The lowest BCUT2D eigenvalue weighted by molar-refractivity contribution is -0.384. The van der Waals surface area contributed by atoms with Crippen LogP contribution in [0.1, 0.15) is 18.7 Å². The van der Waals surface area contributed by atoms with Crippen LogP contribution in [0.5, 0.6) is 0 Å². The molecule has 1 N–H and O–H groups in total. The van der Waals surface area contributed by atoms with Gasteiger partial charge in [0.05, 0.1) is 28.9 Å². The number of aromatic nitrogens is 1. The van der Waals surface area contributed by atoms with Gasteiger partial charge in [-0.1, -0.05) is 0 Å². The van der Waals surface area contributed by atoms with E-state index >= 15 is 0 Å². The number of nitro groups is 1. The molecule has 1 aromatic carbocycles. The van der Waals surface area contributed by atoms with Gasteiger partial charge in [-0.15, -0.1) is 0 Å². The van der Waals surface area contributed by atoms with Crippen molar-refractivity contribution < 1.29 is 18.1 Å². The van der Waals surface area contributed by atoms with Crippen molar-refractivity contribution in [2.75, 3.05) is 5.32 Å². The van der Waals surface area contributed by atoms with Crippen LogP contribution in [-0.2, 0) is 0 Å². The first-order valence-electron chi connectivity index (χ1n) is 5.90. The normalized spacial score (nSPS) is 12.0. The van der Waals surface area contributed by atoms with Crippen molar-refractivity contribution in [3.63, 3.8) is 0 Å². The van der Waals surface area contributed by atoms with E-state index in [1.165, 1.54) is 6.07 Å². The fraction of sp³-hybridized carbons (Fsp3) is 0.154. The van der Waals surface area contributed by atoms with Crippen LogP contribution in [0, 0.1) is 27.6 Å². The number of anilines is 1. The summed E-state index contributed by atoms with van der Waals surface area (Å²) in [6, 6.07) is 3.05. The van der Waals surface area contributed by atoms with Gasteiger partial charge in [0, 0.05) is 6.07 Å². The van der Waals surface area contributed by atoms with Crippen LogP contribution in [-0.4, -0.2) is 9.91 Å². The van der Waals surface area contributed by atoms with E-state index in [9.17, 15) is 23.3 Å². The number of nitro benzene ring substituents is 1. The predicted molar refractivity (Wildman–Crippen MR) is 69.2 cm³/mol. The standard InChI is InChI=1S/C13H10F3N3O2/c1-7(11-3-2-8(14)6-17-11)18-13-10(16)4-9(15)5-12(13)19(20)21/h2-7,18H,1H3. The van der Waals surface area contributed by atoms with Crippen LogP contribution in [0.2, 0.25) is 0 Å². The second-order valence-corrected chi connectivity index (χ2v) is 4.31. The van der Waals surface area contributed by atoms with E-state index in [1.54, 1.807) is 6.92 Å². The molecule has 2 rings (SSSR count). The quantitative estimate of drug-likeness (QED) is 0.692. The minimum atomic E-state index is -1.09. The second-order valence-electron chi connectivity index (χ2n) is 4.31. The highest BCUT2D eigenvalue weighted by Gasteiger charge is 2.22. The van der Waals surface area contributed by atoms with Crippen LogP contribution < -0.4 is 5.32 Å². The van der Waals surface area contributed by atoms with Gasteiger partial charge in [0.2, 0.25) is 0 Å². The summed E-state index contributed by atoms with van der Waals surface area (Å²) in [5.41, 5.74) is -0.809. The van der Waals surface area contributed by atoms with Crippen molar-refractivity contribution in [3.8, 4) is 0 Å². The Morgan fingerprint density at radius 1 is 1.24 bits per heavy atom. The lowest BCUT2D eigenvalue weighted by Gasteiger charge is -2.15. The number of hydrogen-bond acceptors (Lipinski definition) is 4. The summed E-state index contributed by atoms with van der Waals surface area (Å²) in [6.07, 6.45) is 0.975. The Morgan fingerprint density at radius 2 is 1.95 bits per heavy atom. The van der Waals surface area contributed by atoms with Crippen LogP contribution >= 0.6 is 0 Å². The van der Waals surface area contributed by atoms with Gasteiger partial charge < -0.3 is 5.32 Å². The maximum Gasteiger partial charge on any atom is 0.298 e. The topological polar surface area (TPSA) is 68.1 Å². The molecule has 8 heteroatoms. The van der Waals surface area contributed by atoms with E-state index in [0.29, 0.717) is 17.8 Å². The molecule has 1 heterocycles. The third kappa shape index (κ3) is 3.28. The largest absolute Gasteiger partial charge is 0.369 e. The molecule has 0 saturated heterocycles. The Balaban J connectivity index is 2.34. The van der Waals surface area contributed by atoms with Gasteiger partial charge in [-0.2, -0.15) is 0 Å². The molecule has 0 bridgehead atoms. The summed E-state index contributed by atoms with van der Waals surface area (Å²) < 4.78 is 39.6. The molecule has 110 valence electrons. The minimum absolute atomic E-state index is 0.356. The molecule has 0 saturated carbocycles. The zero-order valence-corrected chi connectivity index (χ0v) is 10.8. The average Bonchev–Trinajstić information content (AvgIpc) is 2.41. The number of nitrogens with zero attached hydrogens (tertiary/aromatic N) is 2. The zero-order valence-electron chi connectivity index (χ0n) is 10.8. The Labute approximate surface area is 117 Å². The van der Waals surface area contributed by atoms with E-state index in [2.05, 4.69) is 10.3 Å². The summed E-state index contributed by atoms with van der Waals surface area (Å²) in [6.45, 7) is 1.56. The monoisotopic (exact) mass is 297 g/mol. The Kier molecular flexibility index (Phi) is 4.06. The van der Waals surface area contributed by atoms with Gasteiger partial charge in [-0.05, 0) is 19.1 Å². The average molecular weight is 297 g/mol. The van der Waals surface area contributed by atoms with Gasteiger partial charge in [0.15, 0.2) is 5.82 Å². The molecule has 1 aromatic heterocycles. The summed E-state index contributed by atoms with van der Waals surface area (Å²) in [5.74, 6) is -2.67. The van der Waals surface area contributed by atoms with Crippen molar-refractivity contribution in [2.45, 2.75) is 13.0 Å². The van der Waals surface area contributed by atoms with Crippen LogP contribution in [0.4, 0.5) is 24.5 Å². The summed E-state index contributed by atoms with van der Waals surface area (Å²) in [5, 5.41) is 13.4. The maximum absolute atomic E-state index is 13.7. The number of nitrogens with one attached hydrogen (secondary N) is 1. The highest BCUT2D eigenvalue weighted by atomic mass is 19.1. The first kappa shape index (κ1) is 14.8. The van der Waals surface area contributed by atoms with Crippen molar-refractivity contribution >= 4 is 11.4 Å².